The summed E-state index contributed by atoms with van der Waals surface area (Å²) in [5, 5.41) is 1.49. The first-order chi connectivity index (χ1) is 12.2. The van der Waals surface area contributed by atoms with Gasteiger partial charge in [0, 0.05) is 16.0 Å². The van der Waals surface area contributed by atoms with Gasteiger partial charge in [-0.05, 0) is 72.6 Å². The fourth-order valence-electron chi connectivity index (χ4n) is 4.83. The second kappa shape index (κ2) is 5.95. The van der Waals surface area contributed by atoms with Crippen molar-refractivity contribution < 1.29 is 0 Å². The van der Waals surface area contributed by atoms with Crippen molar-refractivity contribution in [2.75, 3.05) is 0 Å². The maximum atomic E-state index is 5.23. The minimum absolute atomic E-state index is 0.591. The van der Waals surface area contributed by atoms with E-state index in [1.165, 1.54) is 71.1 Å². The number of pyridine rings is 1. The Morgan fingerprint density at radius 3 is 2.68 bits per heavy atom. The van der Waals surface area contributed by atoms with E-state index in [0.717, 1.165) is 5.92 Å². The van der Waals surface area contributed by atoms with Crippen molar-refractivity contribution in [1.29, 1.82) is 0 Å². The van der Waals surface area contributed by atoms with Gasteiger partial charge in [-0.25, -0.2) is 4.98 Å². The van der Waals surface area contributed by atoms with Crippen LogP contribution in [0.2, 0.25) is 0 Å². The highest BCUT2D eigenvalue weighted by Crippen LogP contribution is 2.46. The van der Waals surface area contributed by atoms with Crippen LogP contribution in [0.25, 0.3) is 21.3 Å². The van der Waals surface area contributed by atoms with Crippen molar-refractivity contribution in [2.24, 2.45) is 5.92 Å². The summed E-state index contributed by atoms with van der Waals surface area (Å²) in [5.74, 6) is 1.41. The molecule has 2 aromatic heterocycles. The number of aryl methyl sites for hydroxylation is 1. The summed E-state index contributed by atoms with van der Waals surface area (Å²) < 4.78 is 0. The Morgan fingerprint density at radius 2 is 1.84 bits per heavy atom. The van der Waals surface area contributed by atoms with Gasteiger partial charge >= 0.3 is 0 Å². The molecule has 5 rings (SSSR count). The molecule has 2 heteroatoms. The van der Waals surface area contributed by atoms with Gasteiger partial charge in [0.2, 0.25) is 0 Å². The average molecular weight is 348 g/mol. The second-order valence-electron chi connectivity index (χ2n) is 8.04. The van der Waals surface area contributed by atoms with E-state index in [4.69, 9.17) is 4.98 Å². The minimum atomic E-state index is 0.591. The standard InChI is InChI=1S/C23H25NS/c1-14-11-12-17-19(13-14)25-23-21(17)20(16-8-4-3-5-9-16)18-10-6-7-15(2)22(18)24-23/h3-5,8-9,14-15H,6-7,10-13H2,1-2H3/t14-,15+/m1/s1. The molecule has 1 nitrogen and oxygen atoms in total. The fraction of sp³-hybridized carbons (Fsp3) is 0.435. The van der Waals surface area contributed by atoms with Gasteiger partial charge < -0.3 is 0 Å². The maximum Gasteiger partial charge on any atom is 0.124 e. The Balaban J connectivity index is 1.87. The van der Waals surface area contributed by atoms with E-state index in [1.807, 2.05) is 11.3 Å². The molecule has 1 aromatic carbocycles. The number of fused-ring (bicyclic) bond motifs is 4. The molecular formula is C23H25NS. The lowest BCUT2D eigenvalue weighted by molar-refractivity contribution is 0.509. The summed E-state index contributed by atoms with van der Waals surface area (Å²) in [5.41, 5.74) is 7.44. The molecule has 2 heterocycles. The quantitative estimate of drug-likeness (QED) is 0.488. The molecule has 0 amide bonds. The molecule has 0 bridgehead atoms. The highest BCUT2D eigenvalue weighted by molar-refractivity contribution is 7.19. The summed E-state index contributed by atoms with van der Waals surface area (Å²) in [4.78, 5) is 8.13. The average Bonchev–Trinajstić information content (AvgIpc) is 2.98. The van der Waals surface area contributed by atoms with Crippen LogP contribution in [0.15, 0.2) is 30.3 Å². The monoisotopic (exact) mass is 347 g/mol. The van der Waals surface area contributed by atoms with E-state index in [-0.39, 0.29) is 0 Å². The molecule has 0 spiro atoms. The molecule has 0 unspecified atom stereocenters. The molecule has 128 valence electrons. The molecule has 0 aliphatic heterocycles. The topological polar surface area (TPSA) is 12.9 Å². The number of rotatable bonds is 1. The summed E-state index contributed by atoms with van der Waals surface area (Å²) in [6.45, 7) is 4.76. The Labute approximate surface area is 154 Å². The van der Waals surface area contributed by atoms with Crippen LogP contribution >= 0.6 is 11.3 Å². The number of nitrogens with zero attached hydrogens (tertiary/aromatic N) is 1. The molecular weight excluding hydrogens is 322 g/mol. The zero-order chi connectivity index (χ0) is 17.0. The van der Waals surface area contributed by atoms with Gasteiger partial charge in [-0.3, -0.25) is 0 Å². The van der Waals surface area contributed by atoms with E-state index in [0.29, 0.717) is 5.92 Å². The van der Waals surface area contributed by atoms with Crippen LogP contribution in [0.3, 0.4) is 0 Å². The first-order valence-corrected chi connectivity index (χ1v) is 10.6. The van der Waals surface area contributed by atoms with Crippen LogP contribution in [-0.4, -0.2) is 4.98 Å². The van der Waals surface area contributed by atoms with Gasteiger partial charge in [0.05, 0.1) is 0 Å². The molecule has 0 radical (unpaired) electrons. The SMILES string of the molecule is C[C@@H]1CCc2c(sc3nc4c(c(-c5ccccc5)c23)CCC[C@@H]4C)C1. The Morgan fingerprint density at radius 1 is 1.00 bits per heavy atom. The van der Waals surface area contributed by atoms with Gasteiger partial charge in [0.1, 0.15) is 4.83 Å². The Kier molecular flexibility index (Phi) is 3.71. The van der Waals surface area contributed by atoms with Crippen LogP contribution < -0.4 is 0 Å². The van der Waals surface area contributed by atoms with E-state index in [2.05, 4.69) is 44.2 Å². The summed E-state index contributed by atoms with van der Waals surface area (Å²) in [6, 6.07) is 11.1. The molecule has 3 aromatic rings. The van der Waals surface area contributed by atoms with Crippen molar-refractivity contribution in [3.05, 3.63) is 52.0 Å². The van der Waals surface area contributed by atoms with E-state index in [1.54, 1.807) is 10.4 Å². The number of hydrogen-bond donors (Lipinski definition) is 0. The molecule has 2 atom stereocenters. The van der Waals surface area contributed by atoms with Crippen LogP contribution in [0, 0.1) is 5.92 Å². The lowest BCUT2D eigenvalue weighted by Crippen LogP contribution is -2.12. The van der Waals surface area contributed by atoms with Crippen molar-refractivity contribution in [1.82, 2.24) is 4.98 Å². The van der Waals surface area contributed by atoms with E-state index >= 15 is 0 Å². The molecule has 0 N–H and O–H groups in total. The van der Waals surface area contributed by atoms with Crippen LogP contribution in [0.1, 0.15) is 60.7 Å². The summed E-state index contributed by atoms with van der Waals surface area (Å²) in [7, 11) is 0. The first kappa shape index (κ1) is 15.6. The minimum Gasteiger partial charge on any atom is -0.241 e. The van der Waals surface area contributed by atoms with Crippen LogP contribution in [0.4, 0.5) is 0 Å². The van der Waals surface area contributed by atoms with Crippen molar-refractivity contribution in [3.63, 3.8) is 0 Å². The molecule has 0 fully saturated rings. The van der Waals surface area contributed by atoms with Crippen LogP contribution in [-0.2, 0) is 19.3 Å². The largest absolute Gasteiger partial charge is 0.241 e. The third kappa shape index (κ3) is 2.45. The number of hydrogen-bond acceptors (Lipinski definition) is 2. The van der Waals surface area contributed by atoms with Gasteiger partial charge in [0.15, 0.2) is 0 Å². The number of benzene rings is 1. The highest BCUT2D eigenvalue weighted by atomic mass is 32.1. The number of thiophene rings is 1. The zero-order valence-corrected chi connectivity index (χ0v) is 16.0. The first-order valence-electron chi connectivity index (χ1n) is 9.74. The lowest BCUT2D eigenvalue weighted by Gasteiger charge is -2.25. The van der Waals surface area contributed by atoms with Gasteiger partial charge in [-0.2, -0.15) is 0 Å². The third-order valence-electron chi connectivity index (χ3n) is 6.17. The van der Waals surface area contributed by atoms with E-state index < -0.39 is 0 Å². The van der Waals surface area contributed by atoms with Crippen molar-refractivity contribution in [3.8, 4) is 11.1 Å². The third-order valence-corrected chi connectivity index (χ3v) is 7.32. The predicted molar refractivity (Wildman–Crippen MR) is 108 cm³/mol. The summed E-state index contributed by atoms with van der Waals surface area (Å²) in [6.07, 6.45) is 7.55. The van der Waals surface area contributed by atoms with Gasteiger partial charge in [-0.15, -0.1) is 11.3 Å². The van der Waals surface area contributed by atoms with Gasteiger partial charge in [0.25, 0.3) is 0 Å². The van der Waals surface area contributed by atoms with Crippen LogP contribution in [0.5, 0.6) is 0 Å². The highest BCUT2D eigenvalue weighted by Gasteiger charge is 2.28. The van der Waals surface area contributed by atoms with Gasteiger partial charge in [-0.1, -0.05) is 44.2 Å². The second-order valence-corrected chi connectivity index (χ2v) is 9.13. The van der Waals surface area contributed by atoms with E-state index in [9.17, 15) is 0 Å². The molecule has 2 aliphatic carbocycles. The molecule has 0 saturated carbocycles. The predicted octanol–water partition coefficient (Wildman–Crippen LogP) is 6.53. The Hall–Kier alpha value is -1.67. The summed E-state index contributed by atoms with van der Waals surface area (Å²) >= 11 is 1.98. The zero-order valence-electron chi connectivity index (χ0n) is 15.1. The molecule has 25 heavy (non-hydrogen) atoms. The van der Waals surface area contributed by atoms with Crippen molar-refractivity contribution in [2.45, 2.75) is 58.3 Å². The molecule has 2 aliphatic rings. The van der Waals surface area contributed by atoms with Crippen molar-refractivity contribution >= 4 is 21.6 Å². The normalized spacial score (nSPS) is 22.6. The number of aromatic nitrogens is 1. The maximum absolute atomic E-state index is 5.23. The Bertz CT molecular complexity index is 938. The smallest absolute Gasteiger partial charge is 0.124 e. The fourth-order valence-corrected chi connectivity index (χ4v) is 6.23. The lowest BCUT2D eigenvalue weighted by atomic mass is 9.81. The molecule has 0 saturated heterocycles.